The van der Waals surface area contributed by atoms with Crippen LogP contribution in [0.4, 0.5) is 0 Å². The molecule has 0 saturated heterocycles. The number of rotatable bonds is 4. The Labute approximate surface area is 96.5 Å². The van der Waals surface area contributed by atoms with Crippen molar-refractivity contribution in [2.24, 2.45) is 0 Å². The van der Waals surface area contributed by atoms with Crippen molar-refractivity contribution in [3.05, 3.63) is 46.7 Å². The van der Waals surface area contributed by atoms with Crippen LogP contribution in [0.2, 0.25) is 0 Å². The molecule has 0 amide bonds. The molecule has 0 spiro atoms. The van der Waals surface area contributed by atoms with Gasteiger partial charge in [-0.25, -0.2) is 4.74 Å². The van der Waals surface area contributed by atoms with Gasteiger partial charge in [-0.05, 0) is 24.0 Å². The summed E-state index contributed by atoms with van der Waals surface area (Å²) >= 11 is 0. The second kappa shape index (κ2) is 4.97. The van der Waals surface area contributed by atoms with Gasteiger partial charge in [0.2, 0.25) is 0 Å². The van der Waals surface area contributed by atoms with E-state index in [4.69, 9.17) is 0 Å². The molecule has 84 valence electrons. The number of hydrogen-bond acceptors (Lipinski definition) is 1. The molecule has 0 atom stereocenters. The molecule has 1 aromatic rings. The molecule has 0 saturated carbocycles. The maximum atomic E-state index is 11.0. The van der Waals surface area contributed by atoms with Gasteiger partial charge in [-0.2, -0.15) is 0 Å². The van der Waals surface area contributed by atoms with Crippen LogP contribution in [-0.2, 0) is 6.42 Å². The topological polar surface area (TPSA) is 26.1 Å². The summed E-state index contributed by atoms with van der Waals surface area (Å²) in [5.74, 6) is 0. The molecule has 0 fully saturated rings. The van der Waals surface area contributed by atoms with Crippen molar-refractivity contribution >= 4 is 11.8 Å². The van der Waals surface area contributed by atoms with Crippen LogP contribution < -0.4 is 0 Å². The van der Waals surface area contributed by atoms with Crippen molar-refractivity contribution < 1.29 is 4.74 Å². The van der Waals surface area contributed by atoms with Gasteiger partial charge in [-0.15, -0.1) is 0 Å². The molecule has 2 heteroatoms. The standard InChI is InChI=1S/C14H17NO/c1-2-3-4-12-5-7-13(8-6-12)14-9-10-15(16)11-14/h5-10H,2-4,11H2,1H3. The fraction of sp³-hybridized carbons (Fsp3) is 0.357. The zero-order valence-corrected chi connectivity index (χ0v) is 9.65. The van der Waals surface area contributed by atoms with Crippen molar-refractivity contribution in [2.75, 3.05) is 6.54 Å². The van der Waals surface area contributed by atoms with Gasteiger partial charge >= 0.3 is 0 Å². The van der Waals surface area contributed by atoms with Crippen molar-refractivity contribution in [3.8, 4) is 0 Å². The fourth-order valence-corrected chi connectivity index (χ4v) is 1.90. The van der Waals surface area contributed by atoms with Crippen LogP contribution in [0.5, 0.6) is 0 Å². The quantitative estimate of drug-likeness (QED) is 0.560. The molecule has 2 nitrogen and oxygen atoms in total. The zero-order valence-electron chi connectivity index (χ0n) is 9.65. The first-order valence-corrected chi connectivity index (χ1v) is 5.86. The van der Waals surface area contributed by atoms with Gasteiger partial charge in [0.05, 0.1) is 0 Å². The summed E-state index contributed by atoms with van der Waals surface area (Å²) in [7, 11) is 0. The normalized spacial score (nSPS) is 14.8. The number of benzene rings is 1. The van der Waals surface area contributed by atoms with Crippen molar-refractivity contribution in [1.82, 2.24) is 0 Å². The van der Waals surface area contributed by atoms with Gasteiger partial charge in [0.25, 0.3) is 0 Å². The minimum absolute atomic E-state index is 0.480. The lowest BCUT2D eigenvalue weighted by Crippen LogP contribution is -2.00. The minimum atomic E-state index is 0.480. The molecular formula is C14H17NO. The van der Waals surface area contributed by atoms with E-state index in [0.29, 0.717) is 6.54 Å². The van der Waals surface area contributed by atoms with Gasteiger partial charge in [0, 0.05) is 11.6 Å². The summed E-state index contributed by atoms with van der Waals surface area (Å²) < 4.78 is 0.959. The first-order valence-electron chi connectivity index (χ1n) is 5.86. The predicted molar refractivity (Wildman–Crippen MR) is 67.6 cm³/mol. The number of hydrogen-bond donors (Lipinski definition) is 0. The molecule has 1 aliphatic heterocycles. The lowest BCUT2D eigenvalue weighted by molar-refractivity contribution is -0.433. The van der Waals surface area contributed by atoms with Gasteiger partial charge in [0.15, 0.2) is 12.8 Å². The number of unbranched alkanes of at least 4 members (excludes halogenated alkanes) is 1. The highest BCUT2D eigenvalue weighted by Crippen LogP contribution is 2.18. The molecular weight excluding hydrogens is 198 g/mol. The van der Waals surface area contributed by atoms with Gasteiger partial charge in [-0.3, -0.25) is 0 Å². The Hall–Kier alpha value is -1.57. The molecule has 0 unspecified atom stereocenters. The third-order valence-electron chi connectivity index (χ3n) is 2.91. The molecule has 1 aromatic carbocycles. The Morgan fingerprint density at radius 3 is 2.56 bits per heavy atom. The lowest BCUT2D eigenvalue weighted by atomic mass is 10.0. The fourth-order valence-electron chi connectivity index (χ4n) is 1.90. The number of aryl methyl sites for hydroxylation is 1. The number of hydroxylamine groups is 1. The van der Waals surface area contributed by atoms with E-state index in [1.807, 2.05) is 6.08 Å². The maximum absolute atomic E-state index is 11.0. The van der Waals surface area contributed by atoms with Crippen LogP contribution in [0.3, 0.4) is 0 Å². The highest BCUT2D eigenvalue weighted by Gasteiger charge is 2.10. The van der Waals surface area contributed by atoms with Crippen LogP contribution in [0.1, 0.15) is 30.9 Å². The van der Waals surface area contributed by atoms with E-state index in [1.165, 1.54) is 18.4 Å². The van der Waals surface area contributed by atoms with Crippen LogP contribution in [0.15, 0.2) is 30.3 Å². The van der Waals surface area contributed by atoms with E-state index in [1.54, 1.807) is 6.21 Å². The molecule has 0 bridgehead atoms. The van der Waals surface area contributed by atoms with Crippen molar-refractivity contribution in [3.63, 3.8) is 0 Å². The summed E-state index contributed by atoms with van der Waals surface area (Å²) in [5.41, 5.74) is 3.65. The molecule has 0 radical (unpaired) electrons. The number of nitrogens with zero attached hydrogens (tertiary/aromatic N) is 1. The third kappa shape index (κ3) is 2.51. The SMILES string of the molecule is CCCCc1ccc(C2=CC=[N+]([O-])C2)cc1. The van der Waals surface area contributed by atoms with Gasteiger partial charge in [-0.1, -0.05) is 37.6 Å². The molecule has 0 aliphatic carbocycles. The minimum Gasteiger partial charge on any atom is -0.624 e. The van der Waals surface area contributed by atoms with Crippen molar-refractivity contribution in [2.45, 2.75) is 26.2 Å². The molecule has 0 N–H and O–H groups in total. The second-order valence-electron chi connectivity index (χ2n) is 4.22. The molecule has 2 rings (SSSR count). The Kier molecular flexibility index (Phi) is 3.40. The van der Waals surface area contributed by atoms with E-state index in [2.05, 4.69) is 31.2 Å². The third-order valence-corrected chi connectivity index (χ3v) is 2.91. The number of allylic oxidation sites excluding steroid dienone is 1. The smallest absolute Gasteiger partial charge is 0.179 e. The molecule has 1 heterocycles. The van der Waals surface area contributed by atoms with E-state index >= 15 is 0 Å². The van der Waals surface area contributed by atoms with E-state index < -0.39 is 0 Å². The highest BCUT2D eigenvalue weighted by atomic mass is 16.5. The van der Waals surface area contributed by atoms with Gasteiger partial charge < -0.3 is 5.21 Å². The average Bonchev–Trinajstić information content (AvgIpc) is 2.74. The van der Waals surface area contributed by atoms with Crippen LogP contribution >= 0.6 is 0 Å². The Morgan fingerprint density at radius 1 is 1.25 bits per heavy atom. The van der Waals surface area contributed by atoms with Crippen LogP contribution in [-0.4, -0.2) is 17.5 Å². The highest BCUT2D eigenvalue weighted by molar-refractivity contribution is 5.85. The Bertz CT molecular complexity index is 415. The Balaban J connectivity index is 2.03. The van der Waals surface area contributed by atoms with Crippen molar-refractivity contribution in [1.29, 1.82) is 0 Å². The summed E-state index contributed by atoms with van der Waals surface area (Å²) in [5, 5.41) is 11.0. The largest absolute Gasteiger partial charge is 0.624 e. The molecule has 16 heavy (non-hydrogen) atoms. The summed E-state index contributed by atoms with van der Waals surface area (Å²) in [6, 6.07) is 8.56. The second-order valence-corrected chi connectivity index (χ2v) is 4.22. The lowest BCUT2D eigenvalue weighted by Gasteiger charge is -2.04. The van der Waals surface area contributed by atoms with Crippen LogP contribution in [0.25, 0.3) is 5.57 Å². The summed E-state index contributed by atoms with van der Waals surface area (Å²) in [6.07, 6.45) is 7.10. The van der Waals surface area contributed by atoms with Crippen LogP contribution in [0, 0.1) is 5.21 Å². The van der Waals surface area contributed by atoms with E-state index in [9.17, 15) is 5.21 Å². The summed E-state index contributed by atoms with van der Waals surface area (Å²) in [6.45, 7) is 2.69. The molecule has 0 aromatic heterocycles. The van der Waals surface area contributed by atoms with Gasteiger partial charge in [0.1, 0.15) is 0 Å². The zero-order chi connectivity index (χ0) is 11.4. The average molecular weight is 215 g/mol. The molecule has 1 aliphatic rings. The monoisotopic (exact) mass is 215 g/mol. The Morgan fingerprint density at radius 2 is 2.00 bits per heavy atom. The van der Waals surface area contributed by atoms with E-state index in [-0.39, 0.29) is 0 Å². The van der Waals surface area contributed by atoms with E-state index in [0.717, 1.165) is 22.3 Å². The summed E-state index contributed by atoms with van der Waals surface area (Å²) in [4.78, 5) is 0. The predicted octanol–water partition coefficient (Wildman–Crippen LogP) is 3.01. The maximum Gasteiger partial charge on any atom is 0.179 e. The first-order chi connectivity index (χ1) is 7.79. The first kappa shape index (κ1) is 10.9.